The summed E-state index contributed by atoms with van der Waals surface area (Å²) in [7, 11) is 0. The van der Waals surface area contributed by atoms with E-state index in [-0.39, 0.29) is 12.0 Å². The number of carbonyl (C=O) groups excluding carboxylic acids is 3. The Labute approximate surface area is 159 Å². The number of aryl methyl sites for hydroxylation is 1. The molecule has 7 nitrogen and oxygen atoms in total. The Kier molecular flexibility index (Phi) is 5.46. The Bertz CT molecular complexity index is 964. The number of nitrogens with one attached hydrogen (secondary N) is 1. The van der Waals surface area contributed by atoms with E-state index in [0.717, 1.165) is 5.56 Å². The molecule has 0 bridgehead atoms. The summed E-state index contributed by atoms with van der Waals surface area (Å²) in [6, 6.07) is 9.77. The molecule has 3 N–H and O–H groups in total. The lowest BCUT2D eigenvalue weighted by atomic mass is 10.0. The lowest BCUT2D eigenvalue weighted by Gasteiger charge is -2.16. The van der Waals surface area contributed by atoms with E-state index < -0.39 is 23.6 Å². The van der Waals surface area contributed by atoms with Gasteiger partial charge in [0.2, 0.25) is 5.78 Å². The van der Waals surface area contributed by atoms with Crippen molar-refractivity contribution in [2.75, 3.05) is 0 Å². The van der Waals surface area contributed by atoms with E-state index in [1.807, 2.05) is 29.0 Å². The first-order chi connectivity index (χ1) is 13.0. The van der Waals surface area contributed by atoms with Crippen LogP contribution in [0.2, 0.25) is 0 Å². The van der Waals surface area contributed by atoms with E-state index >= 15 is 0 Å². The SMILES string of the molecule is Cc1noc(-c2ccsc2)c1C(=O)NC(Cc1ccccc1)C(=O)C(N)=O. The van der Waals surface area contributed by atoms with Crippen molar-refractivity contribution in [3.63, 3.8) is 0 Å². The summed E-state index contributed by atoms with van der Waals surface area (Å²) in [5.41, 5.74) is 7.27. The molecule has 2 heterocycles. The molecule has 0 fully saturated rings. The van der Waals surface area contributed by atoms with E-state index in [0.29, 0.717) is 17.0 Å². The zero-order valence-electron chi connectivity index (χ0n) is 14.5. The number of rotatable bonds is 7. The van der Waals surface area contributed by atoms with Crippen LogP contribution in [0.15, 0.2) is 51.7 Å². The zero-order chi connectivity index (χ0) is 19.4. The number of carbonyl (C=O) groups is 3. The highest BCUT2D eigenvalue weighted by Gasteiger charge is 2.29. The second-order valence-electron chi connectivity index (χ2n) is 5.93. The van der Waals surface area contributed by atoms with Crippen molar-refractivity contribution in [2.45, 2.75) is 19.4 Å². The van der Waals surface area contributed by atoms with Gasteiger partial charge in [0.05, 0.1) is 5.69 Å². The van der Waals surface area contributed by atoms with Crippen LogP contribution < -0.4 is 11.1 Å². The van der Waals surface area contributed by atoms with Gasteiger partial charge >= 0.3 is 0 Å². The van der Waals surface area contributed by atoms with Crippen molar-refractivity contribution in [2.24, 2.45) is 5.73 Å². The van der Waals surface area contributed by atoms with Crippen LogP contribution in [0, 0.1) is 6.92 Å². The third kappa shape index (κ3) is 4.12. The van der Waals surface area contributed by atoms with Gasteiger partial charge in [-0.15, -0.1) is 0 Å². The number of primary amides is 1. The van der Waals surface area contributed by atoms with E-state index in [9.17, 15) is 14.4 Å². The van der Waals surface area contributed by atoms with Gasteiger partial charge in [-0.25, -0.2) is 0 Å². The van der Waals surface area contributed by atoms with Gasteiger partial charge in [-0.2, -0.15) is 11.3 Å². The minimum atomic E-state index is -1.10. The van der Waals surface area contributed by atoms with E-state index in [1.54, 1.807) is 25.1 Å². The first kappa shape index (κ1) is 18.5. The van der Waals surface area contributed by atoms with Gasteiger partial charge in [0.25, 0.3) is 11.8 Å². The predicted octanol–water partition coefficient (Wildman–Crippen LogP) is 2.11. The number of thiophene rings is 1. The van der Waals surface area contributed by atoms with Crippen LogP contribution in [0.4, 0.5) is 0 Å². The predicted molar refractivity (Wildman–Crippen MR) is 100 cm³/mol. The number of nitrogens with two attached hydrogens (primary N) is 1. The molecule has 0 aliphatic carbocycles. The molecule has 27 heavy (non-hydrogen) atoms. The first-order valence-electron chi connectivity index (χ1n) is 8.14. The fourth-order valence-electron chi connectivity index (χ4n) is 2.69. The quantitative estimate of drug-likeness (QED) is 0.606. The topological polar surface area (TPSA) is 115 Å². The molecule has 3 rings (SSSR count). The fourth-order valence-corrected chi connectivity index (χ4v) is 3.32. The maximum absolute atomic E-state index is 12.9. The number of hydrogen-bond acceptors (Lipinski definition) is 6. The average molecular weight is 383 g/mol. The van der Waals surface area contributed by atoms with Gasteiger partial charge in [0, 0.05) is 17.4 Å². The molecule has 1 atom stereocenters. The number of Topliss-reactive ketones (excluding diaryl/α,β-unsaturated/α-hetero) is 1. The van der Waals surface area contributed by atoms with Crippen molar-refractivity contribution in [1.82, 2.24) is 10.5 Å². The van der Waals surface area contributed by atoms with Crippen molar-refractivity contribution in [3.05, 3.63) is 64.0 Å². The third-order valence-electron chi connectivity index (χ3n) is 4.02. The molecule has 138 valence electrons. The molecule has 8 heteroatoms. The van der Waals surface area contributed by atoms with Gasteiger partial charge in [-0.1, -0.05) is 35.5 Å². The van der Waals surface area contributed by atoms with Gasteiger partial charge in [0.1, 0.15) is 11.6 Å². The number of hydrogen-bond donors (Lipinski definition) is 2. The Morgan fingerprint density at radius 3 is 2.59 bits per heavy atom. The third-order valence-corrected chi connectivity index (χ3v) is 4.70. The molecule has 1 unspecified atom stereocenters. The van der Waals surface area contributed by atoms with E-state index in [1.165, 1.54) is 11.3 Å². The normalized spacial score (nSPS) is 11.7. The molecule has 1 aromatic carbocycles. The number of amides is 2. The molecule has 0 saturated carbocycles. The minimum Gasteiger partial charge on any atom is -0.363 e. The Balaban J connectivity index is 1.88. The van der Waals surface area contributed by atoms with E-state index in [2.05, 4.69) is 10.5 Å². The number of ketones is 1. The van der Waals surface area contributed by atoms with Gasteiger partial charge < -0.3 is 15.6 Å². The van der Waals surface area contributed by atoms with Crippen LogP contribution >= 0.6 is 11.3 Å². The summed E-state index contributed by atoms with van der Waals surface area (Å²) in [6.07, 6.45) is 0.145. The summed E-state index contributed by atoms with van der Waals surface area (Å²) >= 11 is 1.45. The largest absolute Gasteiger partial charge is 0.363 e. The van der Waals surface area contributed by atoms with Crippen LogP contribution in [0.1, 0.15) is 21.6 Å². The molecule has 0 aliphatic heterocycles. The molecule has 2 amide bonds. The molecular formula is C19H17N3O4S. The van der Waals surface area contributed by atoms with Crippen LogP contribution in [0.3, 0.4) is 0 Å². The monoisotopic (exact) mass is 383 g/mol. The van der Waals surface area contributed by atoms with Crippen LogP contribution in [-0.4, -0.2) is 28.8 Å². The van der Waals surface area contributed by atoms with Crippen molar-refractivity contribution < 1.29 is 18.9 Å². The highest BCUT2D eigenvalue weighted by molar-refractivity contribution is 7.08. The molecular weight excluding hydrogens is 366 g/mol. The zero-order valence-corrected chi connectivity index (χ0v) is 15.3. The molecule has 0 spiro atoms. The summed E-state index contributed by atoms with van der Waals surface area (Å²) in [6.45, 7) is 1.64. The van der Waals surface area contributed by atoms with E-state index in [4.69, 9.17) is 10.3 Å². The van der Waals surface area contributed by atoms with Crippen molar-refractivity contribution in [1.29, 1.82) is 0 Å². The fraction of sp³-hybridized carbons (Fsp3) is 0.158. The van der Waals surface area contributed by atoms with Crippen LogP contribution in [0.25, 0.3) is 11.3 Å². The summed E-state index contributed by atoms with van der Waals surface area (Å²) < 4.78 is 5.29. The lowest BCUT2D eigenvalue weighted by Crippen LogP contribution is -2.47. The molecule has 3 aromatic rings. The molecule has 2 aromatic heterocycles. The molecule has 0 aliphatic rings. The number of nitrogens with zero attached hydrogens (tertiary/aromatic N) is 1. The smallest absolute Gasteiger partial charge is 0.287 e. The van der Waals surface area contributed by atoms with Crippen LogP contribution in [-0.2, 0) is 16.0 Å². The summed E-state index contributed by atoms with van der Waals surface area (Å²) in [5, 5.41) is 10.1. The van der Waals surface area contributed by atoms with Crippen molar-refractivity contribution in [3.8, 4) is 11.3 Å². The molecule has 0 saturated heterocycles. The average Bonchev–Trinajstić information content (AvgIpc) is 3.30. The minimum absolute atomic E-state index is 0.145. The number of aromatic nitrogens is 1. The Morgan fingerprint density at radius 2 is 1.96 bits per heavy atom. The van der Waals surface area contributed by atoms with Gasteiger partial charge in [-0.3, -0.25) is 14.4 Å². The van der Waals surface area contributed by atoms with Gasteiger partial charge in [-0.05, 0) is 23.9 Å². The Hall–Kier alpha value is -3.26. The standard InChI is InChI=1S/C19H17N3O4S/c1-11-15(17(26-22-11)13-7-8-27-10-13)19(25)21-14(16(23)18(20)24)9-12-5-3-2-4-6-12/h2-8,10,14H,9H2,1H3,(H2,20,24)(H,21,25). The second-order valence-corrected chi connectivity index (χ2v) is 6.71. The maximum Gasteiger partial charge on any atom is 0.287 e. The van der Waals surface area contributed by atoms with Gasteiger partial charge in [0.15, 0.2) is 5.76 Å². The van der Waals surface area contributed by atoms with Crippen molar-refractivity contribution >= 4 is 28.9 Å². The highest BCUT2D eigenvalue weighted by Crippen LogP contribution is 2.28. The Morgan fingerprint density at radius 1 is 1.22 bits per heavy atom. The maximum atomic E-state index is 12.9. The summed E-state index contributed by atoms with van der Waals surface area (Å²) in [5.74, 6) is -2.20. The second kappa shape index (κ2) is 7.96. The lowest BCUT2D eigenvalue weighted by molar-refractivity contribution is -0.137. The molecule has 0 radical (unpaired) electrons. The highest BCUT2D eigenvalue weighted by atomic mass is 32.1. The first-order valence-corrected chi connectivity index (χ1v) is 9.09. The summed E-state index contributed by atoms with van der Waals surface area (Å²) in [4.78, 5) is 36.5. The number of benzene rings is 1. The van der Waals surface area contributed by atoms with Crippen LogP contribution in [0.5, 0.6) is 0 Å².